The largest absolute Gasteiger partial charge is 0.478 e. The second-order valence-electron chi connectivity index (χ2n) is 5.19. The highest BCUT2D eigenvalue weighted by Crippen LogP contribution is 2.25. The molecule has 0 saturated heterocycles. The van der Waals surface area contributed by atoms with Crippen molar-refractivity contribution in [2.24, 2.45) is 0 Å². The van der Waals surface area contributed by atoms with Gasteiger partial charge >= 0.3 is 5.97 Å². The van der Waals surface area contributed by atoms with Gasteiger partial charge < -0.3 is 15.3 Å². The number of aliphatic hydroxyl groups excluding tert-OH is 2. The number of fused-ring (bicyclic) bond motifs is 1. The fraction of sp³-hybridized carbons (Fsp3) is 0.188. The van der Waals surface area contributed by atoms with E-state index in [1.807, 2.05) is 6.07 Å². The van der Waals surface area contributed by atoms with E-state index in [9.17, 15) is 19.8 Å². The normalized spacial score (nSPS) is 12.4. The number of aromatic nitrogens is 2. The molecule has 0 bridgehead atoms. The number of hydrogen-bond donors (Lipinski definition) is 3. The quantitative estimate of drug-likeness (QED) is 0.639. The van der Waals surface area contributed by atoms with Gasteiger partial charge in [-0.1, -0.05) is 30.3 Å². The summed E-state index contributed by atoms with van der Waals surface area (Å²) in [6, 6.07) is 8.92. The second kappa shape index (κ2) is 6.52. The van der Waals surface area contributed by atoms with Gasteiger partial charge in [-0.15, -0.1) is 11.3 Å². The molecule has 124 valence electrons. The van der Waals surface area contributed by atoms with Crippen LogP contribution in [0, 0.1) is 0 Å². The van der Waals surface area contributed by atoms with E-state index in [0.717, 1.165) is 11.3 Å². The van der Waals surface area contributed by atoms with E-state index in [1.165, 1.54) is 9.95 Å². The maximum Gasteiger partial charge on any atom is 0.337 e. The first-order chi connectivity index (χ1) is 11.5. The van der Waals surface area contributed by atoms with Crippen LogP contribution in [0.2, 0.25) is 0 Å². The second-order valence-corrected chi connectivity index (χ2v) is 6.05. The summed E-state index contributed by atoms with van der Waals surface area (Å²) in [4.78, 5) is 28.9. The predicted octanol–water partition coefficient (Wildman–Crippen LogP) is 1.18. The van der Waals surface area contributed by atoms with Gasteiger partial charge in [0.1, 0.15) is 10.7 Å². The number of carboxylic acids is 1. The average Bonchev–Trinajstić information content (AvgIpc) is 3.02. The van der Waals surface area contributed by atoms with E-state index < -0.39 is 24.2 Å². The van der Waals surface area contributed by atoms with Crippen molar-refractivity contribution >= 4 is 27.5 Å². The van der Waals surface area contributed by atoms with Crippen molar-refractivity contribution in [2.75, 3.05) is 6.61 Å². The van der Waals surface area contributed by atoms with E-state index in [4.69, 9.17) is 5.11 Å². The molecule has 0 spiro atoms. The molecule has 0 aliphatic heterocycles. The predicted molar refractivity (Wildman–Crippen MR) is 89.4 cm³/mol. The molecule has 7 nitrogen and oxygen atoms in total. The zero-order valence-corrected chi connectivity index (χ0v) is 13.2. The molecule has 0 radical (unpaired) electrons. The third-order valence-electron chi connectivity index (χ3n) is 3.56. The number of rotatable bonds is 5. The Morgan fingerprint density at radius 3 is 2.62 bits per heavy atom. The molecule has 24 heavy (non-hydrogen) atoms. The Kier molecular flexibility index (Phi) is 4.43. The summed E-state index contributed by atoms with van der Waals surface area (Å²) in [5.74, 6) is -0.888. The Balaban J connectivity index is 2.32. The van der Waals surface area contributed by atoms with Gasteiger partial charge in [-0.3, -0.25) is 9.36 Å². The number of hydrogen-bond acceptors (Lipinski definition) is 6. The van der Waals surface area contributed by atoms with Gasteiger partial charge in [0.05, 0.1) is 30.2 Å². The smallest absolute Gasteiger partial charge is 0.337 e. The Bertz CT molecular complexity index is 948. The maximum atomic E-state index is 12.8. The van der Waals surface area contributed by atoms with Crippen LogP contribution in [-0.4, -0.2) is 43.6 Å². The number of thiophene rings is 1. The molecule has 0 saturated carbocycles. The van der Waals surface area contributed by atoms with Gasteiger partial charge in [0.25, 0.3) is 5.56 Å². The topological polar surface area (TPSA) is 113 Å². The van der Waals surface area contributed by atoms with Crippen LogP contribution in [0.15, 0.2) is 40.5 Å². The van der Waals surface area contributed by atoms with Crippen LogP contribution in [-0.2, 0) is 6.54 Å². The third-order valence-corrected chi connectivity index (χ3v) is 4.43. The number of carboxylic acid groups (broad SMARTS) is 1. The Labute approximate surface area is 140 Å². The first-order valence-electron chi connectivity index (χ1n) is 7.12. The van der Waals surface area contributed by atoms with E-state index in [2.05, 4.69) is 4.98 Å². The number of aromatic carboxylic acids is 1. The van der Waals surface area contributed by atoms with Crippen molar-refractivity contribution in [3.05, 3.63) is 51.6 Å². The van der Waals surface area contributed by atoms with Gasteiger partial charge in [-0.2, -0.15) is 0 Å². The van der Waals surface area contributed by atoms with Crippen LogP contribution in [0.3, 0.4) is 0 Å². The minimum atomic E-state index is -1.21. The minimum Gasteiger partial charge on any atom is -0.478 e. The SMILES string of the molecule is O=C(O)c1csc2nc(-c3ccccc3)n(CC(O)CO)c(=O)c12. The number of aliphatic hydroxyl groups is 2. The highest BCUT2D eigenvalue weighted by Gasteiger charge is 2.21. The molecule has 0 aliphatic carbocycles. The summed E-state index contributed by atoms with van der Waals surface area (Å²) in [5.41, 5.74) is -0.00346. The number of nitrogens with zero attached hydrogens (tertiary/aromatic N) is 2. The molecule has 0 aliphatic rings. The molecular weight excluding hydrogens is 332 g/mol. The number of carbonyl (C=O) groups is 1. The van der Waals surface area contributed by atoms with Crippen molar-refractivity contribution in [1.82, 2.24) is 9.55 Å². The van der Waals surface area contributed by atoms with E-state index in [-0.39, 0.29) is 17.5 Å². The Morgan fingerprint density at radius 1 is 1.29 bits per heavy atom. The van der Waals surface area contributed by atoms with Gasteiger partial charge in [0.2, 0.25) is 0 Å². The molecule has 3 rings (SSSR count). The summed E-state index contributed by atoms with van der Waals surface area (Å²) in [6.45, 7) is -0.703. The lowest BCUT2D eigenvalue weighted by Gasteiger charge is -2.15. The molecule has 3 aromatic rings. The van der Waals surface area contributed by atoms with Crippen molar-refractivity contribution in [1.29, 1.82) is 0 Å². The lowest BCUT2D eigenvalue weighted by molar-refractivity contribution is 0.0699. The summed E-state index contributed by atoms with van der Waals surface area (Å²) in [5, 5.41) is 29.5. The molecule has 8 heteroatoms. The summed E-state index contributed by atoms with van der Waals surface area (Å²) in [6.07, 6.45) is -1.16. The van der Waals surface area contributed by atoms with Gasteiger partial charge in [-0.05, 0) is 0 Å². The standard InChI is InChI=1S/C16H14N2O5S/c19-7-10(20)6-18-13(9-4-2-1-3-5-9)17-14-12(15(18)21)11(8-24-14)16(22)23/h1-5,8,10,19-20H,6-7H2,(H,22,23). The van der Waals surface area contributed by atoms with Crippen LogP contribution in [0.25, 0.3) is 21.6 Å². The van der Waals surface area contributed by atoms with Crippen LogP contribution in [0.1, 0.15) is 10.4 Å². The molecule has 0 amide bonds. The van der Waals surface area contributed by atoms with E-state index >= 15 is 0 Å². The highest BCUT2D eigenvalue weighted by molar-refractivity contribution is 7.17. The van der Waals surface area contributed by atoms with Crippen molar-refractivity contribution < 1.29 is 20.1 Å². The van der Waals surface area contributed by atoms with Crippen molar-refractivity contribution in [3.63, 3.8) is 0 Å². The van der Waals surface area contributed by atoms with Crippen LogP contribution in [0.4, 0.5) is 0 Å². The monoisotopic (exact) mass is 346 g/mol. The molecule has 3 N–H and O–H groups in total. The fourth-order valence-corrected chi connectivity index (χ4v) is 3.33. The average molecular weight is 346 g/mol. The van der Waals surface area contributed by atoms with Crippen LogP contribution in [0.5, 0.6) is 0 Å². The van der Waals surface area contributed by atoms with Crippen molar-refractivity contribution in [2.45, 2.75) is 12.6 Å². The Hall–Kier alpha value is -2.55. The van der Waals surface area contributed by atoms with Crippen molar-refractivity contribution in [3.8, 4) is 11.4 Å². The molecular formula is C16H14N2O5S. The van der Waals surface area contributed by atoms with Crippen LogP contribution < -0.4 is 5.56 Å². The highest BCUT2D eigenvalue weighted by atomic mass is 32.1. The number of benzene rings is 1. The fourth-order valence-electron chi connectivity index (χ4n) is 2.43. The first-order valence-corrected chi connectivity index (χ1v) is 8.00. The lowest BCUT2D eigenvalue weighted by Crippen LogP contribution is -2.31. The van der Waals surface area contributed by atoms with Gasteiger partial charge in [0.15, 0.2) is 0 Å². The summed E-state index contributed by atoms with van der Waals surface area (Å²) < 4.78 is 1.21. The van der Waals surface area contributed by atoms with E-state index in [1.54, 1.807) is 24.3 Å². The zero-order chi connectivity index (χ0) is 17.3. The Morgan fingerprint density at radius 2 is 2.00 bits per heavy atom. The maximum absolute atomic E-state index is 12.8. The zero-order valence-electron chi connectivity index (χ0n) is 12.4. The molecule has 1 aromatic carbocycles. The molecule has 1 unspecified atom stereocenters. The van der Waals surface area contributed by atoms with Crippen LogP contribution >= 0.6 is 11.3 Å². The van der Waals surface area contributed by atoms with Gasteiger partial charge in [0, 0.05) is 10.9 Å². The molecule has 0 fully saturated rings. The summed E-state index contributed by atoms with van der Waals surface area (Å²) >= 11 is 1.08. The van der Waals surface area contributed by atoms with E-state index in [0.29, 0.717) is 16.2 Å². The third kappa shape index (κ3) is 2.82. The molecule has 1 atom stereocenters. The lowest BCUT2D eigenvalue weighted by atomic mass is 10.2. The molecule has 2 aromatic heterocycles. The van der Waals surface area contributed by atoms with Gasteiger partial charge in [-0.25, -0.2) is 9.78 Å². The summed E-state index contributed by atoms with van der Waals surface area (Å²) in [7, 11) is 0. The molecule has 2 heterocycles. The first kappa shape index (κ1) is 16.3. The minimum absolute atomic E-state index is 0.0114.